The largest absolute Gasteiger partial charge is 0.494 e. The minimum Gasteiger partial charge on any atom is -0.494 e. The third kappa shape index (κ3) is 26.1. The Labute approximate surface area is 693 Å². The molecule has 4 aromatic rings. The molecule has 0 bridgehead atoms. The molecule has 32 nitrogen and oxygen atoms in total. The van der Waals surface area contributed by atoms with Gasteiger partial charge in [0, 0.05) is 123 Å². The van der Waals surface area contributed by atoms with Gasteiger partial charge in [0.2, 0.25) is 29.3 Å². The number of nitrogens with two attached hydrogens (primary N) is 1. The fourth-order valence-corrected chi connectivity index (χ4v) is 18.5. The van der Waals surface area contributed by atoms with Gasteiger partial charge in [-0.1, -0.05) is 69.2 Å². The lowest BCUT2D eigenvalue weighted by molar-refractivity contribution is -0.438. The summed E-state index contributed by atoms with van der Waals surface area (Å²) in [5.41, 5.74) is 10.0. The first-order valence-electron chi connectivity index (χ1n) is 39.9. The van der Waals surface area contributed by atoms with E-state index in [-0.39, 0.29) is 77.3 Å². The summed E-state index contributed by atoms with van der Waals surface area (Å²) in [6, 6.07) is 13.4. The second-order valence-electron chi connectivity index (χ2n) is 31.6. The predicted molar refractivity (Wildman–Crippen MR) is 446 cm³/mol. The van der Waals surface area contributed by atoms with Crippen LogP contribution in [-0.2, 0) is 82.4 Å². The smallest absolute Gasteiger partial charge is 0.317 e. The van der Waals surface area contributed by atoms with E-state index in [1.54, 1.807) is 49.5 Å². The third-order valence-electron chi connectivity index (χ3n) is 22.5. The Morgan fingerprint density at radius 3 is 1.88 bits per heavy atom. The molecule has 4 atom stereocenters. The number of aliphatic imine (C=N–C) groups is 1. The zero-order valence-corrected chi connectivity index (χ0v) is 70.2. The Bertz CT molecular complexity index is 4670. The van der Waals surface area contributed by atoms with Gasteiger partial charge >= 0.3 is 29.8 Å². The van der Waals surface area contributed by atoms with Gasteiger partial charge in [0.1, 0.15) is 12.6 Å². The van der Waals surface area contributed by atoms with E-state index in [1.807, 2.05) is 77.2 Å². The first kappa shape index (κ1) is 93.7. The van der Waals surface area contributed by atoms with E-state index in [9.17, 15) is 100 Å². The molecule has 14 N–H and O–H groups in total. The highest BCUT2D eigenvalue weighted by atomic mass is 32.2. The molecule has 2 aliphatic heterocycles. The van der Waals surface area contributed by atoms with Crippen molar-refractivity contribution in [2.24, 2.45) is 22.6 Å². The number of thioether (sulfide) groups is 1. The molecule has 0 radical (unpaired) electrons. The maximum Gasteiger partial charge on any atom is 0.317 e. The average Bonchev–Trinajstić information content (AvgIpc) is 1.59. The first-order chi connectivity index (χ1) is 55.8. The molecule has 2 saturated carbocycles. The van der Waals surface area contributed by atoms with Gasteiger partial charge in [-0.3, -0.25) is 71.7 Å². The van der Waals surface area contributed by atoms with E-state index >= 15 is 0 Å². The topological polar surface area (TPSA) is 482 Å². The third-order valence-corrected chi connectivity index (χ3v) is 25.3. The Balaban J connectivity index is 0.948. The average molecular weight is 1700 g/mol. The van der Waals surface area contributed by atoms with Crippen LogP contribution in [0.2, 0.25) is 0 Å². The van der Waals surface area contributed by atoms with Crippen molar-refractivity contribution in [2.45, 2.75) is 206 Å². The summed E-state index contributed by atoms with van der Waals surface area (Å²) in [5, 5.41) is 80.7. The van der Waals surface area contributed by atoms with Crippen molar-refractivity contribution in [3.8, 4) is 11.8 Å². The van der Waals surface area contributed by atoms with Crippen LogP contribution in [0.3, 0.4) is 0 Å². The number of hydrogen-bond donors (Lipinski definition) is 13. The number of rotatable bonds is 46. The quantitative estimate of drug-likeness (QED) is 0.00373. The van der Waals surface area contributed by atoms with Gasteiger partial charge in [0.15, 0.2) is 11.6 Å². The molecular weight excluding hydrogens is 1580 g/mol. The number of nitrogens with one attached hydrogen (secondary N) is 3. The van der Waals surface area contributed by atoms with Crippen LogP contribution in [0.5, 0.6) is 11.8 Å². The van der Waals surface area contributed by atoms with Crippen molar-refractivity contribution in [1.29, 1.82) is 0 Å². The number of allylic oxidation sites excluding steroid dienone is 8. The molecule has 0 unspecified atom stereocenters. The van der Waals surface area contributed by atoms with Crippen molar-refractivity contribution in [2.75, 3.05) is 81.9 Å². The minimum absolute atomic E-state index is 0.0107. The van der Waals surface area contributed by atoms with Gasteiger partial charge in [-0.15, -0.1) is 11.8 Å². The lowest BCUT2D eigenvalue weighted by atomic mass is 9.81. The van der Waals surface area contributed by atoms with Gasteiger partial charge < -0.3 is 62.3 Å². The van der Waals surface area contributed by atoms with E-state index in [1.165, 1.54) is 55.3 Å². The van der Waals surface area contributed by atoms with Gasteiger partial charge in [-0.2, -0.15) is 21.4 Å². The number of fused-ring (bicyclic) bond motifs is 2. The second-order valence-corrected chi connectivity index (χ2v) is 35.6. The number of carbonyl (C=O) groups is 8. The summed E-state index contributed by atoms with van der Waals surface area (Å²) in [6.07, 6.45) is 21.3. The number of benzene rings is 3. The summed E-state index contributed by atoms with van der Waals surface area (Å²) in [4.78, 5) is 114. The number of aromatic nitrogens is 1. The minimum atomic E-state index is -4.57. The summed E-state index contributed by atoms with van der Waals surface area (Å²) in [5.74, 6) is -6.75. The predicted octanol–water partition coefficient (Wildman–Crippen LogP) is 9.03. The van der Waals surface area contributed by atoms with Crippen LogP contribution < -0.4 is 26.6 Å². The number of amides is 3. The lowest BCUT2D eigenvalue weighted by Crippen LogP contribution is -2.59. The van der Waals surface area contributed by atoms with Crippen LogP contribution in [0.25, 0.3) is 0 Å². The molecular formula is C83H114N11O21S3+. The van der Waals surface area contributed by atoms with Crippen LogP contribution in [-0.4, -0.2) is 241 Å². The molecule has 3 amide bonds. The summed E-state index contributed by atoms with van der Waals surface area (Å²) >= 11 is 1.42. The Morgan fingerprint density at radius 1 is 0.678 bits per heavy atom. The number of carboxylic acid groups (broad SMARTS) is 5. The van der Waals surface area contributed by atoms with Crippen LogP contribution in [0.15, 0.2) is 135 Å². The molecule has 1 aromatic heterocycles. The second kappa shape index (κ2) is 42.8. The molecule has 2 fully saturated rings. The van der Waals surface area contributed by atoms with Gasteiger partial charge in [-0.05, 0) is 176 Å². The lowest BCUT2D eigenvalue weighted by Gasteiger charge is -2.45. The first-order valence-corrected chi connectivity index (χ1v) is 43.8. The Kier molecular flexibility index (Phi) is 34.0. The van der Waals surface area contributed by atoms with Crippen molar-refractivity contribution in [1.82, 2.24) is 29.9 Å². The molecule has 3 aromatic carbocycles. The van der Waals surface area contributed by atoms with Crippen molar-refractivity contribution < 1.29 is 105 Å². The number of carbonyl (C=O) groups excluding carboxylic acids is 3. The van der Waals surface area contributed by atoms with E-state index in [0.29, 0.717) is 137 Å². The van der Waals surface area contributed by atoms with Gasteiger partial charge in [0.25, 0.3) is 20.2 Å². The number of unbranched alkanes of at least 4 members (excludes halogenated alkanes) is 3. The highest BCUT2D eigenvalue weighted by Gasteiger charge is 2.46. The number of carboxylic acids is 5. The number of aliphatic carboxylic acids is 5. The Morgan fingerprint density at radius 2 is 1.27 bits per heavy atom. The number of aromatic hydroxyl groups is 2. The fourth-order valence-electron chi connectivity index (χ4n) is 16.5. The molecule has 35 heteroatoms. The number of nitrogens with zero attached hydrogens (tertiary/aromatic N) is 7. The van der Waals surface area contributed by atoms with Crippen LogP contribution >= 0.6 is 11.8 Å². The number of anilines is 2. The van der Waals surface area contributed by atoms with E-state index in [0.717, 1.165) is 34.8 Å². The number of likely N-dealkylation sites (N-methyl/N-ethyl adjacent to an activating group) is 1. The fraction of sp³-hybridized carbons (Fsp3) is 0.518. The van der Waals surface area contributed by atoms with Crippen LogP contribution in [0.4, 0.5) is 17.1 Å². The highest BCUT2D eigenvalue weighted by Crippen LogP contribution is 2.49. The zero-order valence-electron chi connectivity index (χ0n) is 67.7. The number of amidine groups is 1. The van der Waals surface area contributed by atoms with Gasteiger partial charge in [-0.25, -0.2) is 0 Å². The molecule has 644 valence electrons. The summed E-state index contributed by atoms with van der Waals surface area (Å²) in [7, 11) is -7.36. The maximum atomic E-state index is 14.5. The SMILES string of the molecule is CCN1C(=CC=CC=CC=CC2=[N+](CCCCCC(=O)N[C@@H](CCCCNC(=O)C3CCC(Cn4c(O)cc(SCCCC(N)=NC)c4O)CC3)C(=O)Nc3ccc(C[C@H](CN(CC(=O)O)[C@H]4CCCC[C@@H]4N(CC(=O)O)CC(=O)O)N(CC(=O)O)CC(=O)O)cc3)c3ccc(S(=O)(=O)O)cc3C2(C)C)C(C)(C)c2cc(S(=O)(=O)O)ccc21. The molecule has 4 aliphatic rings. The normalized spacial score (nSPS) is 19.0. The monoisotopic (exact) mass is 1700 g/mol. The zero-order chi connectivity index (χ0) is 86.4. The molecule has 0 spiro atoms. The van der Waals surface area contributed by atoms with Crippen LogP contribution in [0.1, 0.15) is 160 Å². The molecule has 2 aliphatic carbocycles. The summed E-state index contributed by atoms with van der Waals surface area (Å²) in [6.45, 7) is 7.85. The van der Waals surface area contributed by atoms with E-state index in [4.69, 9.17) is 5.73 Å². The van der Waals surface area contributed by atoms with Crippen molar-refractivity contribution in [3.05, 3.63) is 132 Å². The van der Waals surface area contributed by atoms with Crippen molar-refractivity contribution >= 4 is 108 Å². The number of hydrogen-bond acceptors (Lipinski definition) is 20. The standard InChI is InChI=1S/C83H113N11O21S3/c1-7-92-64-38-36-59(117(110,111)112)44-61(64)82(2,3)69(92)24-12-9-8-10-13-25-70-83(4,5)62-45-60(118(113,114)115)37-39-65(62)93(70)41-19-11-14-27-72(95)88-63(21-17-18-40-86-79(107)56-32-28-55(29-33-56)47-94-73(96)46-68(81(94)109)116-42-20-26-71(84)85-6)80(108)87-57-34-30-54(31-35-57)43-58(89(49-74(97)98)50-75(99)100)48-90(51-76(101)102)66-22-15-16-23-67(66)91(52-77(103)104)53-78(105)106/h8-10,12-13,24-25,30-31,34-39,44-46,55-56,58,63,66-67H,7,11,14-23,26-29,32-33,40-43,47-53H2,1-6H3,(H13-,84,85,86,87,88,95,96,97,98,99,100,101,102,103,104,105,106,107,108,109,110,111,112,113,114,115)/p+1/t55?,56?,58-,63+,66+,67+/m1/s1. The van der Waals surface area contributed by atoms with Crippen molar-refractivity contribution in [3.63, 3.8) is 0 Å². The van der Waals surface area contributed by atoms with Gasteiger partial charge in [0.05, 0.1) is 58.7 Å². The molecule has 118 heavy (non-hydrogen) atoms. The Hall–Kier alpha value is -9.75. The molecule has 0 saturated heterocycles. The maximum absolute atomic E-state index is 14.5. The van der Waals surface area contributed by atoms with E-state index in [2.05, 4.69) is 30.4 Å². The highest BCUT2D eigenvalue weighted by molar-refractivity contribution is 7.99. The molecule has 8 rings (SSSR count). The van der Waals surface area contributed by atoms with Crippen LogP contribution in [0, 0.1) is 11.8 Å². The van der Waals surface area contributed by atoms with E-state index < -0.39 is 130 Å². The summed E-state index contributed by atoms with van der Waals surface area (Å²) < 4.78 is 72.5. The molecule has 3 heterocycles.